The Hall–Kier alpha value is -0.260. The molecule has 2 aliphatic carbocycles. The van der Waals surface area contributed by atoms with Crippen molar-refractivity contribution in [2.75, 3.05) is 0 Å². The van der Waals surface area contributed by atoms with Gasteiger partial charge in [0.05, 0.1) is 0 Å². The molecule has 0 N–H and O–H groups in total. The molecular weight excluding hydrogens is 96.1 g/mol. The van der Waals surface area contributed by atoms with Gasteiger partial charge in [-0.15, -0.1) is 0 Å². The van der Waals surface area contributed by atoms with Crippen LogP contribution in [0.25, 0.3) is 0 Å². The van der Waals surface area contributed by atoms with E-state index in [1.807, 2.05) is 0 Å². The van der Waals surface area contributed by atoms with Crippen LogP contribution in [0, 0.1) is 11.3 Å². The smallest absolute Gasteiger partial charge is 0.0146 e. The predicted octanol–water partition coefficient (Wildman–Crippen LogP) is 2.36. The van der Waals surface area contributed by atoms with E-state index >= 15 is 0 Å². The summed E-state index contributed by atoms with van der Waals surface area (Å²) >= 11 is 0. The third-order valence-electron chi connectivity index (χ3n) is 2.68. The van der Waals surface area contributed by atoms with Crippen LogP contribution in [0.15, 0.2) is 12.2 Å². The summed E-state index contributed by atoms with van der Waals surface area (Å²) in [5, 5.41) is 0. The highest BCUT2D eigenvalue weighted by atomic mass is 14.7. The van der Waals surface area contributed by atoms with E-state index in [1.165, 1.54) is 24.8 Å². The van der Waals surface area contributed by atoms with Crippen molar-refractivity contribution < 1.29 is 0 Å². The Morgan fingerprint density at radius 3 is 2.38 bits per heavy atom. The lowest BCUT2D eigenvalue weighted by Crippen LogP contribution is -1.78. The van der Waals surface area contributed by atoms with E-state index in [-0.39, 0.29) is 0 Å². The lowest BCUT2D eigenvalue weighted by molar-refractivity contribution is 0.794. The van der Waals surface area contributed by atoms with Crippen LogP contribution in [0.3, 0.4) is 0 Å². The first-order valence-corrected chi connectivity index (χ1v) is 3.40. The van der Waals surface area contributed by atoms with Crippen molar-refractivity contribution >= 4 is 0 Å². The highest BCUT2D eigenvalue weighted by molar-refractivity contribution is 5.23. The Balaban J connectivity index is 2.06. The fraction of sp³-hybridized carbons (Fsp3) is 0.750. The molecule has 0 radical (unpaired) electrons. The Morgan fingerprint density at radius 2 is 2.25 bits per heavy atom. The molecule has 0 heteroatoms. The van der Waals surface area contributed by atoms with Gasteiger partial charge in [0.25, 0.3) is 0 Å². The molecule has 8 heavy (non-hydrogen) atoms. The first-order chi connectivity index (χ1) is 3.75. The number of hydrogen-bond donors (Lipinski definition) is 0. The molecular formula is C8H12. The molecule has 0 aliphatic heterocycles. The molecule has 2 rings (SSSR count). The normalized spacial score (nSPS) is 37.4. The summed E-state index contributed by atoms with van der Waals surface area (Å²) in [5.74, 6) is 0.933. The Labute approximate surface area is 50.6 Å². The molecule has 0 bridgehead atoms. The molecule has 0 heterocycles. The fourth-order valence-electron chi connectivity index (χ4n) is 1.76. The highest BCUT2D eigenvalue weighted by Crippen LogP contribution is 2.72. The van der Waals surface area contributed by atoms with Crippen LogP contribution in [-0.2, 0) is 0 Å². The maximum Gasteiger partial charge on any atom is -0.0146 e. The average Bonchev–Trinajstić information content (AvgIpc) is 2.50. The van der Waals surface area contributed by atoms with Crippen molar-refractivity contribution in [2.45, 2.75) is 26.2 Å². The summed E-state index contributed by atoms with van der Waals surface area (Å²) in [4.78, 5) is 0. The summed E-state index contributed by atoms with van der Waals surface area (Å²) < 4.78 is 0. The lowest BCUT2D eigenvalue weighted by atomic mass is 10.2. The minimum atomic E-state index is 0.839. The second-order valence-electron chi connectivity index (χ2n) is 3.47. The summed E-state index contributed by atoms with van der Waals surface area (Å²) in [6.07, 6.45) is 4.44. The quantitative estimate of drug-likeness (QED) is 0.452. The largest absolute Gasteiger partial charge is 0.0998 e. The van der Waals surface area contributed by atoms with Crippen LogP contribution in [0.5, 0.6) is 0 Å². The van der Waals surface area contributed by atoms with E-state index in [0.717, 1.165) is 11.3 Å². The standard InChI is InChI=1S/C8H12/c1-6(2)7-5-8(7)3-4-8/h7H,1,3-5H2,2H3. The Kier molecular flexibility index (Phi) is 0.588. The third-order valence-corrected chi connectivity index (χ3v) is 2.68. The zero-order chi connectivity index (χ0) is 5.78. The van der Waals surface area contributed by atoms with Crippen LogP contribution < -0.4 is 0 Å². The molecule has 1 atom stereocenters. The van der Waals surface area contributed by atoms with Gasteiger partial charge in [0, 0.05) is 0 Å². The van der Waals surface area contributed by atoms with Gasteiger partial charge >= 0.3 is 0 Å². The maximum atomic E-state index is 3.95. The number of rotatable bonds is 1. The van der Waals surface area contributed by atoms with E-state index in [4.69, 9.17) is 0 Å². The molecule has 2 fully saturated rings. The topological polar surface area (TPSA) is 0 Å². The van der Waals surface area contributed by atoms with Crippen LogP contribution in [0.4, 0.5) is 0 Å². The molecule has 44 valence electrons. The third kappa shape index (κ3) is 0.410. The zero-order valence-corrected chi connectivity index (χ0v) is 5.41. The molecule has 0 nitrogen and oxygen atoms in total. The van der Waals surface area contributed by atoms with Gasteiger partial charge in [-0.25, -0.2) is 0 Å². The Morgan fingerprint density at radius 1 is 1.62 bits per heavy atom. The lowest BCUT2D eigenvalue weighted by Gasteiger charge is -1.89. The number of allylic oxidation sites excluding steroid dienone is 1. The molecule has 0 saturated heterocycles. The number of hydrogen-bond acceptors (Lipinski definition) is 0. The van der Waals surface area contributed by atoms with E-state index in [2.05, 4.69) is 13.5 Å². The fourth-order valence-corrected chi connectivity index (χ4v) is 1.76. The van der Waals surface area contributed by atoms with Crippen molar-refractivity contribution in [3.05, 3.63) is 12.2 Å². The summed E-state index contributed by atoms with van der Waals surface area (Å²) in [6.45, 7) is 6.12. The second-order valence-corrected chi connectivity index (χ2v) is 3.47. The van der Waals surface area contributed by atoms with Gasteiger partial charge in [-0.1, -0.05) is 12.2 Å². The van der Waals surface area contributed by atoms with E-state index in [9.17, 15) is 0 Å². The molecule has 2 aliphatic rings. The van der Waals surface area contributed by atoms with Crippen molar-refractivity contribution in [3.8, 4) is 0 Å². The zero-order valence-electron chi connectivity index (χ0n) is 5.41. The van der Waals surface area contributed by atoms with Gasteiger partial charge in [-0.05, 0) is 37.5 Å². The molecule has 1 unspecified atom stereocenters. The summed E-state index contributed by atoms with van der Waals surface area (Å²) in [6, 6.07) is 0. The van der Waals surface area contributed by atoms with Crippen LogP contribution >= 0.6 is 0 Å². The van der Waals surface area contributed by atoms with E-state index < -0.39 is 0 Å². The molecule has 1 spiro atoms. The van der Waals surface area contributed by atoms with E-state index in [1.54, 1.807) is 0 Å². The molecule has 0 aromatic carbocycles. The summed E-state index contributed by atoms with van der Waals surface area (Å²) in [7, 11) is 0. The highest BCUT2D eigenvalue weighted by Gasteiger charge is 2.62. The van der Waals surface area contributed by atoms with E-state index in [0.29, 0.717) is 0 Å². The van der Waals surface area contributed by atoms with Crippen molar-refractivity contribution in [3.63, 3.8) is 0 Å². The van der Waals surface area contributed by atoms with Crippen LogP contribution in [-0.4, -0.2) is 0 Å². The van der Waals surface area contributed by atoms with Crippen LogP contribution in [0.1, 0.15) is 26.2 Å². The Bertz CT molecular complexity index is 140. The molecule has 0 aromatic heterocycles. The van der Waals surface area contributed by atoms with Crippen molar-refractivity contribution in [1.82, 2.24) is 0 Å². The SMILES string of the molecule is C=C(C)C1CC12CC2. The minimum Gasteiger partial charge on any atom is -0.0998 e. The van der Waals surface area contributed by atoms with Gasteiger partial charge in [0.1, 0.15) is 0 Å². The van der Waals surface area contributed by atoms with Gasteiger partial charge in [0.15, 0.2) is 0 Å². The maximum absolute atomic E-state index is 3.95. The monoisotopic (exact) mass is 108 g/mol. The van der Waals surface area contributed by atoms with Gasteiger partial charge in [-0.3, -0.25) is 0 Å². The van der Waals surface area contributed by atoms with Crippen LogP contribution in [0.2, 0.25) is 0 Å². The summed E-state index contributed by atoms with van der Waals surface area (Å²) in [5.41, 5.74) is 2.26. The average molecular weight is 108 g/mol. The second kappa shape index (κ2) is 1.02. The van der Waals surface area contributed by atoms with Gasteiger partial charge in [0.2, 0.25) is 0 Å². The predicted molar refractivity (Wildman–Crippen MR) is 34.6 cm³/mol. The first kappa shape index (κ1) is 4.60. The first-order valence-electron chi connectivity index (χ1n) is 3.40. The van der Waals surface area contributed by atoms with Gasteiger partial charge < -0.3 is 0 Å². The molecule has 0 aromatic rings. The van der Waals surface area contributed by atoms with Gasteiger partial charge in [-0.2, -0.15) is 0 Å². The van der Waals surface area contributed by atoms with Crippen molar-refractivity contribution in [2.24, 2.45) is 11.3 Å². The van der Waals surface area contributed by atoms with Crippen molar-refractivity contribution in [1.29, 1.82) is 0 Å². The minimum absolute atomic E-state index is 0.839. The molecule has 0 amide bonds. The molecule has 2 saturated carbocycles.